The van der Waals surface area contributed by atoms with Crippen LogP contribution in [0.1, 0.15) is 27.0 Å². The number of imide groups is 1. The van der Waals surface area contributed by atoms with Gasteiger partial charge in [0.2, 0.25) is 5.72 Å². The maximum Gasteiger partial charge on any atom is 0.284 e. The molecule has 45 heavy (non-hydrogen) atoms. The van der Waals surface area contributed by atoms with Crippen molar-refractivity contribution >= 4 is 49.1 Å². The van der Waals surface area contributed by atoms with Gasteiger partial charge in [-0.25, -0.2) is 14.2 Å². The van der Waals surface area contributed by atoms with Crippen molar-refractivity contribution in [2.75, 3.05) is 26.3 Å². The molecule has 15 nitrogen and oxygen atoms in total. The molecule has 0 aromatic heterocycles. The summed E-state index contributed by atoms with van der Waals surface area (Å²) in [5, 5.41) is 74.7. The lowest BCUT2D eigenvalue weighted by atomic mass is 9.51. The highest BCUT2D eigenvalue weighted by atomic mass is 19.1. The van der Waals surface area contributed by atoms with Crippen molar-refractivity contribution in [3.8, 4) is 5.75 Å². The summed E-state index contributed by atoms with van der Waals surface area (Å²) in [6.07, 6.45) is 0. The van der Waals surface area contributed by atoms with Crippen LogP contribution in [0.3, 0.4) is 0 Å². The summed E-state index contributed by atoms with van der Waals surface area (Å²) >= 11 is 0. The predicted octanol–water partition coefficient (Wildman–Crippen LogP) is -5.61. The Balaban J connectivity index is 1.52. The first-order chi connectivity index (χ1) is 20.6. The minimum absolute atomic E-state index is 0.120. The molecule has 3 amide bonds. The fourth-order valence-electron chi connectivity index (χ4n) is 5.39. The lowest BCUT2D eigenvalue weighted by molar-refractivity contribution is -0.331. The average molecular weight is 619 g/mol. The van der Waals surface area contributed by atoms with Gasteiger partial charge >= 0.3 is 0 Å². The van der Waals surface area contributed by atoms with Gasteiger partial charge in [-0.15, -0.1) is 0 Å². The topological polar surface area (TPSA) is 230 Å². The molecule has 8 N–H and O–H groups in total. The Morgan fingerprint density at radius 3 is 2.18 bits per heavy atom. The van der Waals surface area contributed by atoms with Crippen LogP contribution in [0.25, 0.3) is 0 Å². The van der Waals surface area contributed by atoms with Gasteiger partial charge in [0.15, 0.2) is 0 Å². The van der Waals surface area contributed by atoms with Gasteiger partial charge in [-0.2, -0.15) is 0 Å². The first-order valence-electron chi connectivity index (χ1n) is 13.0. The minimum atomic E-state index is -4.03. The number of ether oxygens (including phenoxy) is 2. The number of piperidine rings is 1. The van der Waals surface area contributed by atoms with Gasteiger partial charge in [-0.1, -0.05) is 18.2 Å². The number of aliphatic hydroxyl groups is 7. The molecule has 3 unspecified atom stereocenters. The second-order valence-corrected chi connectivity index (χ2v) is 10.8. The predicted molar refractivity (Wildman–Crippen MR) is 147 cm³/mol. The summed E-state index contributed by atoms with van der Waals surface area (Å²) < 4.78 is 26.1. The van der Waals surface area contributed by atoms with Gasteiger partial charge in [0.25, 0.3) is 29.5 Å². The number of hydrogen-bond donors (Lipinski definition) is 8. The molecule has 0 aliphatic carbocycles. The van der Waals surface area contributed by atoms with Gasteiger partial charge in [0, 0.05) is 24.2 Å². The molecule has 0 bridgehead atoms. The standard InChI is InChI=1S/C25H22B4FN3O12/c26-20(37)18(35)31-19(36)21(38,25(20,29)43)33-17(34)12-2-1-3-15(16(12)24(33,41)42)45-22(27,28)13-5-4-11(10-14(13)30)23(39,40)32-6-8-44-9-7-32/h1-5,10,37-43H,6-9H2,(H,31,35,36). The smallest absolute Gasteiger partial charge is 0.284 e. The van der Waals surface area contributed by atoms with Gasteiger partial charge in [0.05, 0.1) is 29.7 Å². The van der Waals surface area contributed by atoms with Crippen LogP contribution in [0.15, 0.2) is 36.4 Å². The van der Waals surface area contributed by atoms with Crippen molar-refractivity contribution in [3.63, 3.8) is 0 Å². The summed E-state index contributed by atoms with van der Waals surface area (Å²) in [6, 6.07) is 5.79. The maximum absolute atomic E-state index is 15.4. The summed E-state index contributed by atoms with van der Waals surface area (Å²) in [7, 11) is 22.9. The molecule has 3 heterocycles. The number of hydrogen-bond acceptors (Lipinski definition) is 13. The third-order valence-corrected chi connectivity index (χ3v) is 7.94. The first kappa shape index (κ1) is 33.1. The molecule has 0 saturated carbocycles. The molecule has 5 rings (SSSR count). The van der Waals surface area contributed by atoms with E-state index in [0.29, 0.717) is 0 Å². The highest BCUT2D eigenvalue weighted by Gasteiger charge is 2.74. The number of benzene rings is 2. The Kier molecular flexibility index (Phi) is 7.60. The first-order valence-corrected chi connectivity index (χ1v) is 13.0. The highest BCUT2D eigenvalue weighted by molar-refractivity contribution is 6.40. The quantitative estimate of drug-likeness (QED) is 0.0859. The molecular weight excluding hydrogens is 597 g/mol. The summed E-state index contributed by atoms with van der Waals surface area (Å²) in [5.74, 6) is -13.8. The molecule has 3 atom stereocenters. The van der Waals surface area contributed by atoms with Gasteiger partial charge < -0.3 is 45.2 Å². The maximum atomic E-state index is 15.4. The van der Waals surface area contributed by atoms with E-state index in [-0.39, 0.29) is 31.9 Å². The third-order valence-electron chi connectivity index (χ3n) is 7.94. The van der Waals surface area contributed by atoms with Crippen molar-refractivity contribution in [1.82, 2.24) is 15.1 Å². The van der Waals surface area contributed by atoms with Gasteiger partial charge in [-0.3, -0.25) is 19.7 Å². The number of amides is 3. The lowest BCUT2D eigenvalue weighted by Crippen LogP contribution is -2.87. The number of morpholine rings is 1. The minimum Gasteiger partial charge on any atom is -0.502 e. The van der Waals surface area contributed by atoms with E-state index in [1.54, 1.807) is 0 Å². The zero-order chi connectivity index (χ0) is 33.5. The molecule has 20 heteroatoms. The number of nitrogens with one attached hydrogen (secondary N) is 1. The number of rotatable bonds is 6. The van der Waals surface area contributed by atoms with E-state index in [4.69, 9.17) is 40.9 Å². The Morgan fingerprint density at radius 2 is 1.58 bits per heavy atom. The summed E-state index contributed by atoms with van der Waals surface area (Å²) in [5.41, 5.74) is -14.2. The van der Waals surface area contributed by atoms with Crippen LogP contribution in [0.2, 0.25) is 0 Å². The van der Waals surface area contributed by atoms with Gasteiger partial charge in [-0.05, 0) is 18.2 Å². The molecule has 0 spiro atoms. The van der Waals surface area contributed by atoms with E-state index >= 15 is 4.39 Å². The molecule has 2 aromatic carbocycles. The molecule has 2 aromatic rings. The number of fused-ring (bicyclic) bond motifs is 1. The molecule has 3 aliphatic heterocycles. The van der Waals surface area contributed by atoms with Crippen molar-refractivity contribution in [1.29, 1.82) is 0 Å². The van der Waals surface area contributed by atoms with Gasteiger partial charge in [0.1, 0.15) is 54.0 Å². The Bertz CT molecular complexity index is 1600. The summed E-state index contributed by atoms with van der Waals surface area (Å²) in [6.45, 7) is 0.634. The van der Waals surface area contributed by atoms with E-state index in [1.165, 1.54) is 10.2 Å². The van der Waals surface area contributed by atoms with E-state index in [9.17, 15) is 50.1 Å². The molecule has 8 radical (unpaired) electrons. The highest BCUT2D eigenvalue weighted by Crippen LogP contribution is 2.49. The molecule has 2 saturated heterocycles. The number of carbonyl (C=O) groups is 3. The Labute approximate surface area is 258 Å². The van der Waals surface area contributed by atoms with Crippen molar-refractivity contribution in [2.24, 2.45) is 0 Å². The lowest BCUT2D eigenvalue weighted by Gasteiger charge is -2.55. The second-order valence-electron chi connectivity index (χ2n) is 10.8. The van der Waals surface area contributed by atoms with Crippen LogP contribution in [0, 0.1) is 5.82 Å². The molecule has 228 valence electrons. The van der Waals surface area contributed by atoms with E-state index in [0.717, 1.165) is 36.4 Å². The Morgan fingerprint density at radius 1 is 0.956 bits per heavy atom. The summed E-state index contributed by atoms with van der Waals surface area (Å²) in [4.78, 5) is 39.0. The third kappa shape index (κ3) is 4.63. The molecular formula is C25H22B4FN3O12. The number of halogens is 1. The fraction of sp³-hybridized carbons (Fsp3) is 0.400. The average Bonchev–Trinajstić information content (AvgIpc) is 3.17. The van der Waals surface area contributed by atoms with E-state index < -0.39 is 84.8 Å². The van der Waals surface area contributed by atoms with E-state index in [1.807, 2.05) is 0 Å². The fourth-order valence-corrected chi connectivity index (χ4v) is 5.39. The van der Waals surface area contributed by atoms with Crippen LogP contribution >= 0.6 is 0 Å². The second kappa shape index (κ2) is 10.3. The number of carbonyl (C=O) groups excluding carboxylic acids is 3. The van der Waals surface area contributed by atoms with Crippen LogP contribution in [0.5, 0.6) is 5.75 Å². The zero-order valence-electron chi connectivity index (χ0n) is 23.0. The van der Waals surface area contributed by atoms with Crippen molar-refractivity contribution in [3.05, 3.63) is 64.5 Å². The van der Waals surface area contributed by atoms with E-state index in [2.05, 4.69) is 0 Å². The largest absolute Gasteiger partial charge is 0.502 e. The monoisotopic (exact) mass is 619 g/mol. The van der Waals surface area contributed by atoms with Crippen LogP contribution in [-0.4, -0.2) is 138 Å². The SMILES string of the molecule is [B]C([B])(Oc1cccc2c1C(O)(O)N(C1(O)C(=O)NC(=O)C([B])(O)C1([B])O)C2=O)c1ccc(C(O)(O)N2CCOCC2)cc1F. The van der Waals surface area contributed by atoms with Crippen LogP contribution < -0.4 is 10.1 Å². The molecule has 3 aliphatic rings. The van der Waals surface area contributed by atoms with Crippen molar-refractivity contribution < 1.29 is 64.0 Å². The zero-order valence-corrected chi connectivity index (χ0v) is 23.0. The van der Waals surface area contributed by atoms with Crippen LogP contribution in [0.4, 0.5) is 4.39 Å². The Hall–Kier alpha value is -3.32. The van der Waals surface area contributed by atoms with Crippen LogP contribution in [-0.2, 0) is 31.5 Å². The number of nitrogens with zero attached hydrogens (tertiary/aromatic N) is 2. The van der Waals surface area contributed by atoms with Crippen molar-refractivity contribution in [2.45, 2.75) is 33.9 Å². The normalized spacial score (nSPS) is 29.0. The molecule has 2 fully saturated rings.